The van der Waals surface area contributed by atoms with Gasteiger partial charge in [0, 0.05) is 46.2 Å². The number of carbonyl (C=O) groups excluding carboxylic acids is 1. The van der Waals surface area contributed by atoms with Crippen LogP contribution in [0.1, 0.15) is 36.2 Å². The van der Waals surface area contributed by atoms with Crippen molar-refractivity contribution < 1.29 is 4.79 Å². The smallest absolute Gasteiger partial charge is 0.222 e. The summed E-state index contributed by atoms with van der Waals surface area (Å²) >= 11 is 0. The number of aromatic nitrogens is 2. The number of amides is 1. The van der Waals surface area contributed by atoms with Gasteiger partial charge in [-0.15, -0.1) is 24.0 Å². The van der Waals surface area contributed by atoms with Gasteiger partial charge in [-0.2, -0.15) is 0 Å². The number of fused-ring (bicyclic) bond motifs is 1. The van der Waals surface area contributed by atoms with Crippen molar-refractivity contribution in [2.24, 2.45) is 4.99 Å². The van der Waals surface area contributed by atoms with Crippen molar-refractivity contribution in [3.63, 3.8) is 0 Å². The summed E-state index contributed by atoms with van der Waals surface area (Å²) in [6.07, 6.45) is 2.64. The highest BCUT2D eigenvalue weighted by molar-refractivity contribution is 14.0. The number of benzene rings is 2. The second-order valence-corrected chi connectivity index (χ2v) is 8.24. The molecule has 1 aromatic heterocycles. The second-order valence-electron chi connectivity index (χ2n) is 8.24. The summed E-state index contributed by atoms with van der Waals surface area (Å²) in [5.74, 6) is 2.11. The largest absolute Gasteiger partial charge is 0.356 e. The number of hydrogen-bond donors (Lipinski definition) is 2. The van der Waals surface area contributed by atoms with Crippen molar-refractivity contribution in [2.45, 2.75) is 45.8 Å². The van der Waals surface area contributed by atoms with E-state index in [-0.39, 0.29) is 29.9 Å². The van der Waals surface area contributed by atoms with E-state index in [9.17, 15) is 4.79 Å². The van der Waals surface area contributed by atoms with Gasteiger partial charge in [-0.05, 0) is 43.0 Å². The van der Waals surface area contributed by atoms with Gasteiger partial charge in [0.2, 0.25) is 5.91 Å². The Morgan fingerprint density at radius 2 is 1.85 bits per heavy atom. The first-order chi connectivity index (χ1) is 15.6. The van der Waals surface area contributed by atoms with Gasteiger partial charge in [0.25, 0.3) is 0 Å². The van der Waals surface area contributed by atoms with E-state index in [0.29, 0.717) is 19.5 Å². The number of aliphatic imine (C=N–C) groups is 1. The third-order valence-electron chi connectivity index (χ3n) is 5.95. The number of guanidine groups is 1. The monoisotopic (exact) mass is 560 g/mol. The number of nitrogens with zero attached hydrogens (tertiary/aromatic N) is 4. The maximum atomic E-state index is 11.8. The molecule has 0 spiro atoms. The lowest BCUT2D eigenvalue weighted by molar-refractivity contribution is -0.128. The van der Waals surface area contributed by atoms with E-state index in [2.05, 4.69) is 74.6 Å². The minimum atomic E-state index is 0. The molecule has 1 fully saturated rings. The Bertz CT molecular complexity index is 1090. The van der Waals surface area contributed by atoms with Crippen LogP contribution in [0, 0.1) is 6.92 Å². The molecular weight excluding hydrogens is 527 g/mol. The molecule has 1 aliphatic rings. The van der Waals surface area contributed by atoms with E-state index < -0.39 is 0 Å². The fourth-order valence-electron chi connectivity index (χ4n) is 4.18. The molecule has 2 aromatic carbocycles. The first-order valence-electron chi connectivity index (χ1n) is 11.4. The molecule has 0 atom stereocenters. The number of carbonyl (C=O) groups is 1. The predicted molar refractivity (Wildman–Crippen MR) is 144 cm³/mol. The van der Waals surface area contributed by atoms with Gasteiger partial charge in [-0.3, -0.25) is 9.79 Å². The Morgan fingerprint density at radius 1 is 1.09 bits per heavy atom. The molecule has 33 heavy (non-hydrogen) atoms. The van der Waals surface area contributed by atoms with Gasteiger partial charge in [-0.25, -0.2) is 4.98 Å². The summed E-state index contributed by atoms with van der Waals surface area (Å²) in [7, 11) is 1.79. The van der Waals surface area contributed by atoms with E-state index in [1.54, 1.807) is 7.05 Å². The van der Waals surface area contributed by atoms with Crippen molar-refractivity contribution in [3.8, 4) is 0 Å². The Balaban J connectivity index is 0.00000306. The highest BCUT2D eigenvalue weighted by atomic mass is 127. The van der Waals surface area contributed by atoms with Gasteiger partial charge < -0.3 is 20.1 Å². The normalized spacial score (nSPS) is 13.9. The van der Waals surface area contributed by atoms with Crippen LogP contribution < -0.4 is 10.6 Å². The van der Waals surface area contributed by atoms with Crippen LogP contribution in [-0.4, -0.2) is 46.5 Å². The van der Waals surface area contributed by atoms with Crippen molar-refractivity contribution in [2.75, 3.05) is 20.1 Å². The van der Waals surface area contributed by atoms with Gasteiger partial charge in [0.15, 0.2) is 5.96 Å². The maximum absolute atomic E-state index is 11.8. The van der Waals surface area contributed by atoms with Crippen molar-refractivity contribution in [1.82, 2.24) is 25.1 Å². The Kier molecular flexibility index (Phi) is 9.11. The van der Waals surface area contributed by atoms with E-state index in [1.165, 1.54) is 16.6 Å². The average molecular weight is 560 g/mol. The maximum Gasteiger partial charge on any atom is 0.222 e. The third-order valence-corrected chi connectivity index (χ3v) is 5.95. The fraction of sp³-hybridized carbons (Fsp3) is 0.400. The standard InChI is InChI=1S/C25H32N6O.HI/c1-19-29-22-7-3-4-8-23(22)31(19)16-6-14-27-25(26-2)28-17-20-10-12-21(13-11-20)18-30-15-5-9-24(30)32;/h3-4,7-8,10-13H,5-6,9,14-18H2,1-2H3,(H2,26,27,28);1H. The number of aryl methyl sites for hydroxylation is 2. The Labute approximate surface area is 212 Å². The van der Waals surface area contributed by atoms with Crippen molar-refractivity contribution in [1.29, 1.82) is 0 Å². The first kappa shape index (κ1) is 25.0. The molecule has 7 nitrogen and oxygen atoms in total. The lowest BCUT2D eigenvalue weighted by Gasteiger charge is -2.16. The molecule has 2 N–H and O–H groups in total. The molecule has 0 saturated carbocycles. The van der Waals surface area contributed by atoms with Gasteiger partial charge >= 0.3 is 0 Å². The predicted octanol–water partition coefficient (Wildman–Crippen LogP) is 3.84. The molecule has 1 aliphatic heterocycles. The van der Waals surface area contributed by atoms with Gasteiger partial charge in [-0.1, -0.05) is 36.4 Å². The van der Waals surface area contributed by atoms with Crippen LogP contribution in [0.15, 0.2) is 53.5 Å². The first-order valence-corrected chi connectivity index (χ1v) is 11.4. The lowest BCUT2D eigenvalue weighted by Crippen LogP contribution is -2.37. The number of hydrogen-bond acceptors (Lipinski definition) is 3. The number of para-hydroxylation sites is 2. The van der Waals surface area contributed by atoms with Crippen LogP contribution >= 0.6 is 24.0 Å². The van der Waals surface area contributed by atoms with Crippen LogP contribution in [0.2, 0.25) is 0 Å². The summed E-state index contributed by atoms with van der Waals surface area (Å²) < 4.78 is 2.27. The quantitative estimate of drug-likeness (QED) is 0.190. The van der Waals surface area contributed by atoms with Crippen LogP contribution in [0.4, 0.5) is 0 Å². The number of imidazole rings is 1. The molecule has 0 bridgehead atoms. The minimum absolute atomic E-state index is 0. The molecule has 0 radical (unpaired) electrons. The number of nitrogens with one attached hydrogen (secondary N) is 2. The average Bonchev–Trinajstić information content (AvgIpc) is 3.36. The van der Waals surface area contributed by atoms with Crippen LogP contribution in [0.5, 0.6) is 0 Å². The highest BCUT2D eigenvalue weighted by Gasteiger charge is 2.19. The van der Waals surface area contributed by atoms with Crippen molar-refractivity contribution in [3.05, 3.63) is 65.5 Å². The van der Waals surface area contributed by atoms with Crippen molar-refractivity contribution >= 4 is 46.9 Å². The SMILES string of the molecule is CN=C(NCCCn1c(C)nc2ccccc21)NCc1ccc(CN2CCCC2=O)cc1.I. The van der Waals surface area contributed by atoms with E-state index in [0.717, 1.165) is 49.8 Å². The van der Waals surface area contributed by atoms with Gasteiger partial charge in [0.1, 0.15) is 5.82 Å². The van der Waals surface area contributed by atoms with Crippen LogP contribution in [0.25, 0.3) is 11.0 Å². The Hall–Kier alpha value is -2.62. The van der Waals surface area contributed by atoms with E-state index >= 15 is 0 Å². The van der Waals surface area contributed by atoms with Crippen LogP contribution in [-0.2, 0) is 24.4 Å². The molecule has 1 amide bonds. The second kappa shape index (κ2) is 12.0. The molecule has 3 aromatic rings. The molecule has 8 heteroatoms. The molecule has 0 aliphatic carbocycles. The zero-order valence-corrected chi connectivity index (χ0v) is 21.7. The number of halogens is 1. The zero-order valence-electron chi connectivity index (χ0n) is 19.4. The molecule has 2 heterocycles. The molecule has 176 valence electrons. The molecular formula is C25H33IN6O. The molecule has 0 unspecified atom stereocenters. The third kappa shape index (κ3) is 6.46. The minimum Gasteiger partial charge on any atom is -0.356 e. The van der Waals surface area contributed by atoms with Crippen LogP contribution in [0.3, 0.4) is 0 Å². The summed E-state index contributed by atoms with van der Waals surface area (Å²) in [5, 5.41) is 6.77. The van der Waals surface area contributed by atoms with E-state index in [1.807, 2.05) is 11.0 Å². The van der Waals surface area contributed by atoms with E-state index in [4.69, 9.17) is 0 Å². The molecule has 4 rings (SSSR count). The zero-order chi connectivity index (χ0) is 22.3. The topological polar surface area (TPSA) is 74.6 Å². The fourth-order valence-corrected chi connectivity index (χ4v) is 4.18. The summed E-state index contributed by atoms with van der Waals surface area (Å²) in [6, 6.07) is 16.7. The lowest BCUT2D eigenvalue weighted by atomic mass is 10.1. The Morgan fingerprint density at radius 3 is 2.58 bits per heavy atom. The summed E-state index contributed by atoms with van der Waals surface area (Å²) in [6.45, 7) is 6.09. The number of likely N-dealkylation sites (tertiary alicyclic amines) is 1. The summed E-state index contributed by atoms with van der Waals surface area (Å²) in [5.41, 5.74) is 4.59. The molecule has 1 saturated heterocycles. The highest BCUT2D eigenvalue weighted by Crippen LogP contribution is 2.16. The number of rotatable bonds is 8. The summed E-state index contributed by atoms with van der Waals surface area (Å²) in [4.78, 5) is 22.7. The van der Waals surface area contributed by atoms with Gasteiger partial charge in [0.05, 0.1) is 11.0 Å².